The van der Waals surface area contributed by atoms with E-state index in [2.05, 4.69) is 15.0 Å². The van der Waals surface area contributed by atoms with Gasteiger partial charge in [0.25, 0.3) is 0 Å². The van der Waals surface area contributed by atoms with E-state index in [1.165, 1.54) is 11.8 Å². The molecule has 0 fully saturated rings. The summed E-state index contributed by atoms with van der Waals surface area (Å²) in [6.45, 7) is 1.54. The predicted octanol–water partition coefficient (Wildman–Crippen LogP) is 3.31. The van der Waals surface area contributed by atoms with Gasteiger partial charge in [0.05, 0.1) is 11.0 Å². The molecule has 19 heavy (non-hydrogen) atoms. The van der Waals surface area contributed by atoms with Gasteiger partial charge in [0.15, 0.2) is 10.9 Å². The number of hydrogen-bond acceptors (Lipinski definition) is 4. The van der Waals surface area contributed by atoms with E-state index < -0.39 is 0 Å². The maximum Gasteiger partial charge on any atom is 0.172 e. The molecule has 2 aromatic heterocycles. The lowest BCUT2D eigenvalue weighted by atomic mass is 10.2. The Hall–Kier alpha value is -2.14. The average Bonchev–Trinajstić information content (AvgIpc) is 2.81. The third-order valence-corrected chi connectivity index (χ3v) is 3.62. The van der Waals surface area contributed by atoms with Crippen LogP contribution in [-0.2, 0) is 0 Å². The lowest BCUT2D eigenvalue weighted by molar-refractivity contribution is 0.101. The molecule has 0 atom stereocenters. The van der Waals surface area contributed by atoms with Crippen LogP contribution in [0.4, 0.5) is 0 Å². The number of pyridine rings is 1. The van der Waals surface area contributed by atoms with Gasteiger partial charge in [0.1, 0.15) is 5.03 Å². The molecule has 0 spiro atoms. The third kappa shape index (κ3) is 2.37. The number of fused-ring (bicyclic) bond motifs is 1. The van der Waals surface area contributed by atoms with Crippen LogP contribution in [0.1, 0.15) is 17.3 Å². The van der Waals surface area contributed by atoms with Crippen molar-refractivity contribution in [2.45, 2.75) is 17.1 Å². The zero-order valence-electron chi connectivity index (χ0n) is 10.3. The number of aromatic amines is 1. The van der Waals surface area contributed by atoms with Crippen molar-refractivity contribution in [3.8, 4) is 0 Å². The van der Waals surface area contributed by atoms with Gasteiger partial charge in [-0.25, -0.2) is 9.97 Å². The van der Waals surface area contributed by atoms with Crippen LogP contribution in [0.2, 0.25) is 0 Å². The number of hydrogen-bond donors (Lipinski definition) is 1. The normalized spacial score (nSPS) is 10.8. The third-order valence-electron chi connectivity index (χ3n) is 2.71. The van der Waals surface area contributed by atoms with Crippen molar-refractivity contribution in [1.29, 1.82) is 0 Å². The number of carbonyl (C=O) groups is 1. The van der Waals surface area contributed by atoms with E-state index in [-0.39, 0.29) is 5.78 Å². The molecule has 0 saturated carbocycles. The molecule has 0 radical (unpaired) electrons. The first-order chi connectivity index (χ1) is 9.24. The Morgan fingerprint density at radius 2 is 2.05 bits per heavy atom. The molecule has 0 aliphatic heterocycles. The summed E-state index contributed by atoms with van der Waals surface area (Å²) in [5, 5.41) is 1.41. The summed E-state index contributed by atoms with van der Waals surface area (Å²) < 4.78 is 0. The summed E-state index contributed by atoms with van der Waals surface area (Å²) in [6, 6.07) is 11.4. The second-order valence-electron chi connectivity index (χ2n) is 4.07. The summed E-state index contributed by atoms with van der Waals surface area (Å²) >= 11 is 1.37. The number of imidazole rings is 1. The molecule has 0 aliphatic carbocycles. The van der Waals surface area contributed by atoms with Crippen molar-refractivity contribution < 1.29 is 4.79 Å². The van der Waals surface area contributed by atoms with Gasteiger partial charge >= 0.3 is 0 Å². The minimum Gasteiger partial charge on any atom is -0.333 e. The smallest absolute Gasteiger partial charge is 0.172 e. The second-order valence-corrected chi connectivity index (χ2v) is 5.05. The Morgan fingerprint density at radius 1 is 1.21 bits per heavy atom. The highest BCUT2D eigenvalue weighted by Gasteiger charge is 2.11. The number of aromatic nitrogens is 3. The first-order valence-corrected chi connectivity index (χ1v) is 6.64. The van der Waals surface area contributed by atoms with Gasteiger partial charge in [-0.05, 0) is 43.0 Å². The van der Waals surface area contributed by atoms with Gasteiger partial charge in [-0.15, -0.1) is 0 Å². The molecule has 0 amide bonds. The zero-order chi connectivity index (χ0) is 13.2. The van der Waals surface area contributed by atoms with Crippen LogP contribution in [0, 0.1) is 0 Å². The first kappa shape index (κ1) is 11.9. The fraction of sp³-hybridized carbons (Fsp3) is 0.0714. The van der Waals surface area contributed by atoms with E-state index in [0.717, 1.165) is 16.2 Å². The number of rotatable bonds is 3. The lowest BCUT2D eigenvalue weighted by Gasteiger charge is -2.02. The Balaban J connectivity index is 1.99. The highest BCUT2D eigenvalue weighted by atomic mass is 32.2. The van der Waals surface area contributed by atoms with Crippen LogP contribution >= 0.6 is 11.8 Å². The molecule has 1 N–H and O–H groups in total. The van der Waals surface area contributed by atoms with Gasteiger partial charge in [-0.1, -0.05) is 12.1 Å². The van der Waals surface area contributed by atoms with Gasteiger partial charge in [-0.2, -0.15) is 0 Å². The number of H-pyrrole nitrogens is 1. The molecule has 3 aromatic rings. The lowest BCUT2D eigenvalue weighted by Crippen LogP contribution is -1.96. The van der Waals surface area contributed by atoms with Crippen LogP contribution in [0.5, 0.6) is 0 Å². The topological polar surface area (TPSA) is 58.6 Å². The Kier molecular flexibility index (Phi) is 3.05. The number of benzene rings is 1. The molecule has 0 aliphatic rings. The number of para-hydroxylation sites is 2. The Morgan fingerprint density at radius 3 is 2.84 bits per heavy atom. The Bertz CT molecular complexity index is 718. The van der Waals surface area contributed by atoms with E-state index in [0.29, 0.717) is 10.6 Å². The fourth-order valence-electron chi connectivity index (χ4n) is 1.81. The molecule has 0 unspecified atom stereocenters. The summed E-state index contributed by atoms with van der Waals surface area (Å²) in [6.07, 6.45) is 1.68. The molecule has 4 nitrogen and oxygen atoms in total. The maximum absolute atomic E-state index is 11.5. The standard InChI is InChI=1S/C14H11N3OS/c1-9(18)10-5-4-8-15-13(10)19-14-16-11-6-2-3-7-12(11)17-14/h2-8H,1H3,(H,16,17). The van der Waals surface area contributed by atoms with Crippen molar-refractivity contribution in [3.63, 3.8) is 0 Å². The zero-order valence-corrected chi connectivity index (χ0v) is 11.1. The molecule has 2 heterocycles. The van der Waals surface area contributed by atoms with Crippen molar-refractivity contribution >= 4 is 28.6 Å². The van der Waals surface area contributed by atoms with Crippen LogP contribution in [-0.4, -0.2) is 20.7 Å². The van der Waals surface area contributed by atoms with Crippen LogP contribution < -0.4 is 0 Å². The van der Waals surface area contributed by atoms with Crippen molar-refractivity contribution in [1.82, 2.24) is 15.0 Å². The Labute approximate surface area is 114 Å². The molecular weight excluding hydrogens is 258 g/mol. The highest BCUT2D eigenvalue weighted by molar-refractivity contribution is 7.99. The monoisotopic (exact) mass is 269 g/mol. The largest absolute Gasteiger partial charge is 0.333 e. The summed E-state index contributed by atoms with van der Waals surface area (Å²) in [5.41, 5.74) is 2.50. The van der Waals surface area contributed by atoms with Crippen LogP contribution in [0.3, 0.4) is 0 Å². The van der Waals surface area contributed by atoms with Crippen molar-refractivity contribution in [2.24, 2.45) is 0 Å². The number of Topliss-reactive ketones (excluding diaryl/α,β-unsaturated/α-hetero) is 1. The van der Waals surface area contributed by atoms with E-state index >= 15 is 0 Å². The molecule has 1 aromatic carbocycles. The maximum atomic E-state index is 11.5. The summed E-state index contributed by atoms with van der Waals surface area (Å²) in [4.78, 5) is 23.5. The fourth-order valence-corrected chi connectivity index (χ4v) is 2.73. The SMILES string of the molecule is CC(=O)c1cccnc1Sc1nc2ccccc2[nH]1. The molecule has 94 valence electrons. The van der Waals surface area contributed by atoms with Crippen LogP contribution in [0.25, 0.3) is 11.0 Å². The second kappa shape index (κ2) is 4.85. The van der Waals surface area contributed by atoms with Gasteiger partial charge in [-0.3, -0.25) is 4.79 Å². The van der Waals surface area contributed by atoms with Gasteiger partial charge in [0, 0.05) is 11.8 Å². The number of nitrogens with zero attached hydrogens (tertiary/aromatic N) is 2. The van der Waals surface area contributed by atoms with Gasteiger partial charge < -0.3 is 4.98 Å². The average molecular weight is 269 g/mol. The van der Waals surface area contributed by atoms with Gasteiger partial charge in [0.2, 0.25) is 0 Å². The van der Waals surface area contributed by atoms with E-state index in [4.69, 9.17) is 0 Å². The molecular formula is C14H11N3OS. The van der Waals surface area contributed by atoms with Crippen LogP contribution in [0.15, 0.2) is 52.8 Å². The first-order valence-electron chi connectivity index (χ1n) is 5.82. The minimum atomic E-state index is 0.00621. The predicted molar refractivity (Wildman–Crippen MR) is 74.5 cm³/mol. The number of nitrogens with one attached hydrogen (secondary N) is 1. The molecule has 0 saturated heterocycles. The number of ketones is 1. The van der Waals surface area contributed by atoms with E-state index in [9.17, 15) is 4.79 Å². The molecule has 5 heteroatoms. The summed E-state index contributed by atoms with van der Waals surface area (Å²) in [5.74, 6) is 0.00621. The number of carbonyl (C=O) groups excluding carboxylic acids is 1. The quantitative estimate of drug-likeness (QED) is 0.741. The van der Waals surface area contributed by atoms with E-state index in [1.807, 2.05) is 24.3 Å². The summed E-state index contributed by atoms with van der Waals surface area (Å²) in [7, 11) is 0. The van der Waals surface area contributed by atoms with Crippen molar-refractivity contribution in [3.05, 3.63) is 48.2 Å². The van der Waals surface area contributed by atoms with E-state index in [1.54, 1.807) is 25.3 Å². The minimum absolute atomic E-state index is 0.00621. The van der Waals surface area contributed by atoms with Crippen molar-refractivity contribution in [2.75, 3.05) is 0 Å². The highest BCUT2D eigenvalue weighted by Crippen LogP contribution is 2.28. The molecule has 0 bridgehead atoms. The molecule has 3 rings (SSSR count).